The van der Waals surface area contributed by atoms with Gasteiger partial charge in [0.15, 0.2) is 0 Å². The number of halogens is 1. The summed E-state index contributed by atoms with van der Waals surface area (Å²) in [5.41, 5.74) is 0.871. The summed E-state index contributed by atoms with van der Waals surface area (Å²) in [6, 6.07) is 2.43. The highest BCUT2D eigenvalue weighted by atomic mass is 127. The van der Waals surface area contributed by atoms with Crippen molar-refractivity contribution in [2.24, 2.45) is 11.8 Å². The molecule has 0 radical (unpaired) electrons. The van der Waals surface area contributed by atoms with Crippen molar-refractivity contribution in [1.29, 1.82) is 0 Å². The van der Waals surface area contributed by atoms with Gasteiger partial charge >= 0.3 is 0 Å². The molecule has 18 heavy (non-hydrogen) atoms. The molecular weight excluding hydrogens is 359 g/mol. The van der Waals surface area contributed by atoms with Crippen LogP contribution in [0.5, 0.6) is 0 Å². The fraction of sp³-hybridized carbons (Fsp3) is 0.615. The topological polar surface area (TPSA) is 32.3 Å². The minimum Gasteiger partial charge on any atom is -0.335 e. The van der Waals surface area contributed by atoms with E-state index in [4.69, 9.17) is 0 Å². The molecule has 0 aliphatic carbocycles. The van der Waals surface area contributed by atoms with Crippen molar-refractivity contribution in [1.82, 2.24) is 10.2 Å². The second-order valence-electron chi connectivity index (χ2n) is 5.15. The first-order chi connectivity index (χ1) is 8.70. The Morgan fingerprint density at radius 2 is 2.44 bits per heavy atom. The highest BCUT2D eigenvalue weighted by Gasteiger charge is 2.45. The average Bonchev–Trinajstić information content (AvgIpc) is 3.01. The molecule has 3 unspecified atom stereocenters. The molecule has 3 heterocycles. The van der Waals surface area contributed by atoms with E-state index in [9.17, 15) is 4.79 Å². The first-order valence-electron chi connectivity index (χ1n) is 6.46. The molecule has 5 heteroatoms. The molecule has 3 nitrogen and oxygen atoms in total. The number of rotatable bonds is 2. The van der Waals surface area contributed by atoms with E-state index >= 15 is 0 Å². The van der Waals surface area contributed by atoms with Gasteiger partial charge in [0.05, 0.1) is 8.45 Å². The van der Waals surface area contributed by atoms with Crippen LogP contribution in [0, 0.1) is 14.7 Å². The maximum atomic E-state index is 12.6. The van der Waals surface area contributed by atoms with Gasteiger partial charge in [0.25, 0.3) is 5.91 Å². The zero-order chi connectivity index (χ0) is 12.7. The number of nitrogens with one attached hydrogen (secondary N) is 1. The predicted molar refractivity (Wildman–Crippen MR) is 82.0 cm³/mol. The molecule has 1 aromatic heterocycles. The second-order valence-corrected chi connectivity index (χ2v) is 7.96. The molecule has 2 aliphatic heterocycles. The smallest absolute Gasteiger partial charge is 0.255 e. The molecule has 0 saturated carbocycles. The summed E-state index contributed by atoms with van der Waals surface area (Å²) in [5, 5.41) is 5.44. The highest BCUT2D eigenvalue weighted by Crippen LogP contribution is 2.35. The molecule has 3 rings (SSSR count). The number of carbonyl (C=O) groups is 1. The zero-order valence-electron chi connectivity index (χ0n) is 10.4. The Hall–Kier alpha value is -0.140. The van der Waals surface area contributed by atoms with Gasteiger partial charge in [0, 0.05) is 31.1 Å². The number of hydrogen-bond acceptors (Lipinski definition) is 3. The largest absolute Gasteiger partial charge is 0.335 e. The first-order valence-corrected chi connectivity index (χ1v) is 8.42. The Balaban J connectivity index is 1.81. The Morgan fingerprint density at radius 3 is 3.11 bits per heavy atom. The van der Waals surface area contributed by atoms with E-state index in [1.54, 1.807) is 11.3 Å². The third-order valence-corrected chi connectivity index (χ3v) is 6.00. The number of nitrogens with zero attached hydrogens (tertiary/aromatic N) is 1. The van der Waals surface area contributed by atoms with Gasteiger partial charge in [-0.05, 0) is 46.9 Å². The highest BCUT2D eigenvalue weighted by molar-refractivity contribution is 14.1. The number of thiophene rings is 1. The molecular formula is C13H17IN2OS. The molecule has 2 aliphatic rings. The number of likely N-dealkylation sites (tertiary alicyclic amines) is 1. The van der Waals surface area contributed by atoms with Crippen LogP contribution < -0.4 is 5.32 Å². The van der Waals surface area contributed by atoms with Crippen LogP contribution in [0.2, 0.25) is 0 Å². The van der Waals surface area contributed by atoms with Gasteiger partial charge in [-0.2, -0.15) is 0 Å². The van der Waals surface area contributed by atoms with Gasteiger partial charge in [0.2, 0.25) is 0 Å². The van der Waals surface area contributed by atoms with Gasteiger partial charge in [-0.25, -0.2) is 0 Å². The minimum atomic E-state index is 0.232. The van der Waals surface area contributed by atoms with Gasteiger partial charge in [-0.3, -0.25) is 4.79 Å². The van der Waals surface area contributed by atoms with Crippen LogP contribution >= 0.6 is 33.9 Å². The van der Waals surface area contributed by atoms with Crippen molar-refractivity contribution in [3.63, 3.8) is 0 Å². The lowest BCUT2D eigenvalue weighted by atomic mass is 9.93. The van der Waals surface area contributed by atoms with Crippen LogP contribution in [0.4, 0.5) is 0 Å². The number of amides is 1. The molecule has 1 N–H and O–H groups in total. The third kappa shape index (κ3) is 2.10. The van der Waals surface area contributed by atoms with Crippen molar-refractivity contribution in [2.75, 3.05) is 19.6 Å². The van der Waals surface area contributed by atoms with E-state index in [1.165, 1.54) is 2.88 Å². The van der Waals surface area contributed by atoms with E-state index in [0.717, 1.165) is 31.6 Å². The minimum absolute atomic E-state index is 0.232. The van der Waals surface area contributed by atoms with Crippen LogP contribution in [0.25, 0.3) is 0 Å². The molecule has 0 bridgehead atoms. The third-order valence-electron chi connectivity index (χ3n) is 4.21. The number of hydrogen-bond donors (Lipinski definition) is 1. The molecule has 2 fully saturated rings. The fourth-order valence-electron chi connectivity index (χ4n) is 3.37. The van der Waals surface area contributed by atoms with E-state index in [2.05, 4.69) is 39.7 Å². The molecule has 3 atom stereocenters. The number of fused-ring (bicyclic) bond motifs is 1. The monoisotopic (exact) mass is 376 g/mol. The first kappa shape index (κ1) is 12.9. The fourth-order valence-corrected chi connectivity index (χ4v) is 4.69. The van der Waals surface area contributed by atoms with Crippen molar-refractivity contribution in [2.45, 2.75) is 19.4 Å². The zero-order valence-corrected chi connectivity index (χ0v) is 13.3. The summed E-state index contributed by atoms with van der Waals surface area (Å²) in [4.78, 5) is 14.7. The van der Waals surface area contributed by atoms with Crippen molar-refractivity contribution < 1.29 is 4.79 Å². The predicted octanol–water partition coefficient (Wildman–Crippen LogP) is 2.42. The van der Waals surface area contributed by atoms with Crippen LogP contribution in [0.15, 0.2) is 11.4 Å². The molecule has 0 aromatic carbocycles. The summed E-state index contributed by atoms with van der Waals surface area (Å²) in [6.45, 7) is 5.28. The second kappa shape index (κ2) is 5.09. The Bertz CT molecular complexity index is 462. The lowest BCUT2D eigenvalue weighted by Gasteiger charge is -2.26. The summed E-state index contributed by atoms with van der Waals surface area (Å²) in [6.07, 6.45) is 1.07. The Labute approximate surface area is 125 Å². The molecule has 1 aromatic rings. The van der Waals surface area contributed by atoms with E-state index in [1.807, 2.05) is 11.4 Å². The lowest BCUT2D eigenvalue weighted by Crippen LogP contribution is -2.39. The average molecular weight is 376 g/mol. The van der Waals surface area contributed by atoms with Crippen LogP contribution in [0.1, 0.15) is 23.7 Å². The lowest BCUT2D eigenvalue weighted by molar-refractivity contribution is 0.0712. The van der Waals surface area contributed by atoms with Crippen LogP contribution in [0.3, 0.4) is 0 Å². The van der Waals surface area contributed by atoms with Gasteiger partial charge < -0.3 is 10.2 Å². The molecule has 2 saturated heterocycles. The molecule has 0 spiro atoms. The van der Waals surface area contributed by atoms with E-state index < -0.39 is 0 Å². The summed E-state index contributed by atoms with van der Waals surface area (Å²) in [7, 11) is 0. The SMILES string of the molecule is CCC1C2CNCC2CN1C(=O)c1csc(I)c1. The van der Waals surface area contributed by atoms with Crippen molar-refractivity contribution >= 4 is 39.8 Å². The van der Waals surface area contributed by atoms with Crippen molar-refractivity contribution in [3.8, 4) is 0 Å². The Kier molecular flexibility index (Phi) is 3.64. The normalized spacial score (nSPS) is 30.8. The van der Waals surface area contributed by atoms with Crippen LogP contribution in [-0.2, 0) is 0 Å². The maximum Gasteiger partial charge on any atom is 0.255 e. The standard InChI is InChI=1S/C13H17IN2OS/c1-2-11-10-5-15-4-9(10)6-16(11)13(17)8-3-12(14)18-7-8/h3,7,9-11,15H,2,4-6H2,1H3. The summed E-state index contributed by atoms with van der Waals surface area (Å²) < 4.78 is 1.19. The van der Waals surface area contributed by atoms with E-state index in [0.29, 0.717) is 17.9 Å². The quantitative estimate of drug-likeness (QED) is 0.805. The van der Waals surface area contributed by atoms with Gasteiger partial charge in [0.1, 0.15) is 0 Å². The summed E-state index contributed by atoms with van der Waals surface area (Å²) >= 11 is 3.92. The van der Waals surface area contributed by atoms with Gasteiger partial charge in [-0.1, -0.05) is 6.92 Å². The van der Waals surface area contributed by atoms with E-state index in [-0.39, 0.29) is 5.91 Å². The Morgan fingerprint density at radius 1 is 1.61 bits per heavy atom. The maximum absolute atomic E-state index is 12.6. The van der Waals surface area contributed by atoms with Crippen LogP contribution in [-0.4, -0.2) is 36.5 Å². The molecule has 1 amide bonds. The van der Waals surface area contributed by atoms with Crippen molar-refractivity contribution in [3.05, 3.63) is 19.9 Å². The molecule has 98 valence electrons. The van der Waals surface area contributed by atoms with Gasteiger partial charge in [-0.15, -0.1) is 11.3 Å². The number of carbonyl (C=O) groups excluding carboxylic acids is 1. The summed E-state index contributed by atoms with van der Waals surface area (Å²) in [5.74, 6) is 1.56.